The van der Waals surface area contributed by atoms with Crippen LogP contribution in [0, 0.1) is 5.92 Å². The molecule has 14 heteroatoms. The monoisotopic (exact) mass is 832 g/mol. The predicted octanol–water partition coefficient (Wildman–Crippen LogP) is 10.5. The zero-order valence-corrected chi connectivity index (χ0v) is 32.6. The number of fused-ring (bicyclic) bond motifs is 12. The molecule has 0 fully saturated rings. The summed E-state index contributed by atoms with van der Waals surface area (Å²) < 4.78 is 27.5. The lowest BCUT2D eigenvalue weighted by Gasteiger charge is -2.28. The van der Waals surface area contributed by atoms with Gasteiger partial charge in [0, 0.05) is 116 Å². The van der Waals surface area contributed by atoms with E-state index in [1.54, 1.807) is 21.1 Å². The fourth-order valence-electron chi connectivity index (χ4n) is 9.53. The van der Waals surface area contributed by atoms with Gasteiger partial charge in [0.05, 0.1) is 53.9 Å². The van der Waals surface area contributed by atoms with Crippen molar-refractivity contribution in [2.75, 3.05) is 26.4 Å². The first-order chi connectivity index (χ1) is 27.7. The summed E-state index contributed by atoms with van der Waals surface area (Å²) in [7, 11) is 0. The summed E-state index contributed by atoms with van der Waals surface area (Å²) in [6, 6.07) is 14.5. The van der Waals surface area contributed by atoms with Crippen LogP contribution in [-0.4, -0.2) is 50.5 Å². The minimum atomic E-state index is -1.16. The molecule has 0 saturated heterocycles. The summed E-state index contributed by atoms with van der Waals surface area (Å²) in [6.07, 6.45) is -0.403. The van der Waals surface area contributed by atoms with Crippen molar-refractivity contribution in [3.8, 4) is 34.4 Å². The Balaban J connectivity index is 1.16. The van der Waals surface area contributed by atoms with E-state index in [0.29, 0.717) is 163 Å². The summed E-state index contributed by atoms with van der Waals surface area (Å²) in [5.41, 5.74) is 3.86. The number of halogens is 4. The Morgan fingerprint density at radius 3 is 1.91 bits per heavy atom. The van der Waals surface area contributed by atoms with Crippen molar-refractivity contribution in [1.29, 1.82) is 0 Å². The third-order valence-electron chi connectivity index (χ3n) is 11.9. The first-order valence-electron chi connectivity index (χ1n) is 18.5. The molecule has 3 aromatic heterocycles. The topological polar surface area (TPSA) is 109 Å². The van der Waals surface area contributed by atoms with E-state index in [9.17, 15) is 9.90 Å². The highest BCUT2D eigenvalue weighted by atomic mass is 35.5. The van der Waals surface area contributed by atoms with Gasteiger partial charge in [-0.1, -0.05) is 53.3 Å². The smallest absolute Gasteiger partial charge is 0.264 e. The molecule has 7 aromatic carbocycles. The van der Waals surface area contributed by atoms with E-state index >= 15 is 0 Å². The fourth-order valence-corrected chi connectivity index (χ4v) is 10.7. The molecule has 3 aliphatic heterocycles. The highest BCUT2D eigenvalue weighted by molar-refractivity contribution is 6.55. The normalized spacial score (nSPS) is 17.9. The average Bonchev–Trinajstić information content (AvgIpc) is 3.59. The number of imidazole rings is 2. The van der Waals surface area contributed by atoms with Crippen LogP contribution in [-0.2, 0) is 0 Å². The van der Waals surface area contributed by atoms with Gasteiger partial charge in [-0.05, 0) is 24.3 Å². The number of ether oxygens (including phenoxy) is 4. The van der Waals surface area contributed by atoms with Gasteiger partial charge in [-0.15, -0.1) is 0 Å². The molecule has 3 aliphatic rings. The Morgan fingerprint density at radius 1 is 0.632 bits per heavy atom. The Labute approximate surface area is 340 Å². The van der Waals surface area contributed by atoms with Crippen LogP contribution in [0.25, 0.3) is 93.0 Å². The number of nitrogens with zero attached hydrogens (tertiary/aromatic N) is 4. The van der Waals surface area contributed by atoms with Gasteiger partial charge in [0.1, 0.15) is 11.5 Å². The van der Waals surface area contributed by atoms with Gasteiger partial charge in [0.2, 0.25) is 0 Å². The highest BCUT2D eigenvalue weighted by Gasteiger charge is 2.35. The molecular weight excluding hydrogens is 810 g/mol. The van der Waals surface area contributed by atoms with Crippen LogP contribution >= 0.6 is 46.4 Å². The highest BCUT2D eigenvalue weighted by Crippen LogP contribution is 2.56. The van der Waals surface area contributed by atoms with Gasteiger partial charge in [0.15, 0.2) is 29.2 Å². The quantitative estimate of drug-likeness (QED) is 0.119. The van der Waals surface area contributed by atoms with E-state index in [-0.39, 0.29) is 11.5 Å². The van der Waals surface area contributed by atoms with Gasteiger partial charge < -0.3 is 24.1 Å². The lowest BCUT2D eigenvalue weighted by molar-refractivity contribution is 0.152. The van der Waals surface area contributed by atoms with Gasteiger partial charge >= 0.3 is 0 Å². The molecule has 10 nitrogen and oxygen atoms in total. The summed E-state index contributed by atoms with van der Waals surface area (Å²) in [5, 5.41) is 19.8. The third-order valence-corrected chi connectivity index (χ3v) is 13.1. The lowest BCUT2D eigenvalue weighted by Crippen LogP contribution is -2.17. The SMILES string of the molecule is CC1COc2cc3nc4c5cc(Cl)c6c7c(Cl)cc8c9c(cc(Cl)c(c%10c(Cl)cc(c(=O)n4c3cc2OC1)c5c%106)c97)-c1nc2cc3c(cc2n1C8O)OCCCO3. The van der Waals surface area contributed by atoms with Gasteiger partial charge in [-0.25, -0.2) is 9.97 Å². The average molecular weight is 834 g/mol. The number of aliphatic hydroxyl groups excluding tert-OH is 1. The molecule has 0 saturated carbocycles. The summed E-state index contributed by atoms with van der Waals surface area (Å²) in [6.45, 7) is 4.09. The van der Waals surface area contributed by atoms with E-state index in [2.05, 4.69) is 6.92 Å². The lowest BCUT2D eigenvalue weighted by atomic mass is 9.83. The van der Waals surface area contributed by atoms with Crippen molar-refractivity contribution in [2.45, 2.75) is 19.6 Å². The summed E-state index contributed by atoms with van der Waals surface area (Å²) in [4.78, 5) is 24.7. The van der Waals surface area contributed by atoms with Crippen molar-refractivity contribution in [3.05, 3.63) is 84.5 Å². The molecule has 280 valence electrons. The van der Waals surface area contributed by atoms with Crippen LogP contribution in [0.15, 0.2) is 53.3 Å². The van der Waals surface area contributed by atoms with Crippen LogP contribution in [0.5, 0.6) is 23.0 Å². The van der Waals surface area contributed by atoms with Gasteiger partial charge in [-0.3, -0.25) is 13.8 Å². The first-order valence-corrected chi connectivity index (χ1v) is 20.0. The van der Waals surface area contributed by atoms with E-state index in [1.165, 1.54) is 0 Å². The maximum Gasteiger partial charge on any atom is 0.264 e. The number of benzene rings is 7. The molecule has 0 bridgehead atoms. The Morgan fingerprint density at radius 2 is 1.19 bits per heavy atom. The van der Waals surface area contributed by atoms with Crippen LogP contribution in [0.4, 0.5) is 0 Å². The number of hydrogen-bond donors (Lipinski definition) is 1. The van der Waals surface area contributed by atoms with Crippen LogP contribution < -0.4 is 24.5 Å². The first kappa shape index (κ1) is 32.8. The number of rotatable bonds is 0. The van der Waals surface area contributed by atoms with Crippen LogP contribution in [0.2, 0.25) is 20.1 Å². The van der Waals surface area contributed by atoms with Crippen molar-refractivity contribution >= 4 is 128 Å². The van der Waals surface area contributed by atoms with Crippen molar-refractivity contribution in [2.24, 2.45) is 5.92 Å². The van der Waals surface area contributed by atoms with Gasteiger partial charge in [0.25, 0.3) is 5.56 Å². The number of aromatic nitrogens is 4. The largest absolute Gasteiger partial charge is 0.489 e. The second kappa shape index (κ2) is 11.0. The molecule has 6 heterocycles. The predicted molar refractivity (Wildman–Crippen MR) is 224 cm³/mol. The molecular formula is C43H24Cl4N4O6. The Bertz CT molecular complexity index is 3560. The minimum absolute atomic E-state index is 0.201. The minimum Gasteiger partial charge on any atom is -0.489 e. The van der Waals surface area contributed by atoms with Crippen molar-refractivity contribution < 1.29 is 24.1 Å². The van der Waals surface area contributed by atoms with Crippen molar-refractivity contribution in [1.82, 2.24) is 18.9 Å². The summed E-state index contributed by atoms with van der Waals surface area (Å²) in [5.74, 6) is 3.03. The molecule has 0 aliphatic carbocycles. The van der Waals surface area contributed by atoms with E-state index in [4.69, 9.17) is 75.3 Å². The zero-order valence-electron chi connectivity index (χ0n) is 29.6. The molecule has 2 unspecified atom stereocenters. The second-order valence-electron chi connectivity index (χ2n) is 15.3. The number of pyridine rings is 1. The Hall–Kier alpha value is -5.23. The molecule has 1 N–H and O–H groups in total. The van der Waals surface area contributed by atoms with Crippen LogP contribution in [0.3, 0.4) is 0 Å². The van der Waals surface area contributed by atoms with E-state index in [0.717, 1.165) is 11.8 Å². The van der Waals surface area contributed by atoms with Crippen LogP contribution in [0.1, 0.15) is 25.1 Å². The van der Waals surface area contributed by atoms with Crippen molar-refractivity contribution in [3.63, 3.8) is 0 Å². The molecule has 0 amide bonds. The zero-order chi connectivity index (χ0) is 38.3. The van der Waals surface area contributed by atoms with Gasteiger partial charge in [-0.2, -0.15) is 0 Å². The maximum atomic E-state index is 14.7. The fraction of sp³-hybridized carbons (Fsp3) is 0.186. The standard InChI is InChI=1S/C43H24Cl4N4O6/c1-15-13-56-29-10-25-27(12-31(29)57-14-15)51-41(49-25)17-6-21(45)35-36-22(46)7-18-32-16(5-20(44)34(38(32)36)37-23(47)8-19(43(51)53)33(17)39(35)37)40-48-24-9-28-30(55-4-2-3-54-28)11-26(24)50(40)42(18)52/h5-12,15,42,52H,2-4,13-14H2,1H3. The molecule has 0 spiro atoms. The summed E-state index contributed by atoms with van der Waals surface area (Å²) >= 11 is 29.5. The molecule has 2 atom stereocenters. The molecule has 13 rings (SSSR count). The molecule has 0 radical (unpaired) electrons. The number of aliphatic hydroxyl groups is 1. The maximum absolute atomic E-state index is 14.7. The van der Waals surface area contributed by atoms with E-state index in [1.807, 2.05) is 36.4 Å². The Kier molecular flexibility index (Phi) is 6.35. The molecule has 57 heavy (non-hydrogen) atoms. The number of hydrogen-bond acceptors (Lipinski definition) is 8. The third kappa shape index (κ3) is 4.05. The second-order valence-corrected chi connectivity index (χ2v) is 16.9. The molecule has 10 aromatic rings. The van der Waals surface area contributed by atoms with E-state index < -0.39 is 6.23 Å².